The molecular formula is C11H17ClN4O4. The maximum absolute atomic E-state index is 10.2. The summed E-state index contributed by atoms with van der Waals surface area (Å²) in [5.41, 5.74) is 5.90. The Morgan fingerprint density at radius 1 is 1.45 bits per heavy atom. The number of rotatable bonds is 3. The summed E-state index contributed by atoms with van der Waals surface area (Å²) in [5.74, 6) is 0.264. The summed E-state index contributed by atoms with van der Waals surface area (Å²) in [6.45, 7) is -0.313. The van der Waals surface area contributed by atoms with E-state index >= 15 is 0 Å². The maximum atomic E-state index is 10.2. The topological polar surface area (TPSA) is 134 Å². The van der Waals surface area contributed by atoms with E-state index in [1.54, 1.807) is 0 Å². The predicted molar refractivity (Wildman–Crippen MR) is 72.3 cm³/mol. The molecule has 0 spiro atoms. The van der Waals surface area contributed by atoms with E-state index in [1.807, 2.05) is 0 Å². The summed E-state index contributed by atoms with van der Waals surface area (Å²) in [7, 11) is 0. The van der Waals surface area contributed by atoms with Crippen molar-refractivity contribution in [3.05, 3.63) is 11.5 Å². The number of nitrogen functional groups attached to an aromatic ring is 1. The summed E-state index contributed by atoms with van der Waals surface area (Å²) < 4.78 is 5.22. The number of aromatic nitrogens is 2. The average Bonchev–Trinajstić information content (AvgIpc) is 2.55. The Balaban J connectivity index is 2.18. The zero-order chi connectivity index (χ0) is 14.7. The molecule has 0 saturated carbocycles. The normalized spacial score (nSPS) is 30.8. The fraction of sp³-hybridized carbons (Fsp3) is 0.636. The van der Waals surface area contributed by atoms with Crippen molar-refractivity contribution in [2.24, 2.45) is 0 Å². The zero-order valence-electron chi connectivity index (χ0n) is 10.6. The highest BCUT2D eigenvalue weighted by molar-refractivity contribution is 6.32. The van der Waals surface area contributed by atoms with Crippen LogP contribution in [0.3, 0.4) is 0 Å². The van der Waals surface area contributed by atoms with Crippen LogP contribution in [0.15, 0.2) is 6.33 Å². The number of nitrogens with zero attached hydrogens (tertiary/aromatic N) is 2. The van der Waals surface area contributed by atoms with Crippen LogP contribution in [0, 0.1) is 0 Å². The van der Waals surface area contributed by atoms with Gasteiger partial charge in [-0.2, -0.15) is 0 Å². The molecule has 20 heavy (non-hydrogen) atoms. The van der Waals surface area contributed by atoms with Crippen LogP contribution in [-0.2, 0) is 4.74 Å². The fourth-order valence-corrected chi connectivity index (χ4v) is 2.20. The number of hydrogen-bond donors (Lipinski definition) is 5. The lowest BCUT2D eigenvalue weighted by molar-refractivity contribution is -0.0675. The van der Waals surface area contributed by atoms with Gasteiger partial charge in [-0.15, -0.1) is 0 Å². The van der Waals surface area contributed by atoms with Gasteiger partial charge >= 0.3 is 0 Å². The summed E-state index contributed by atoms with van der Waals surface area (Å²) in [4.78, 5) is 7.68. The number of nitrogens with two attached hydrogens (primary N) is 1. The smallest absolute Gasteiger partial charge is 0.157 e. The van der Waals surface area contributed by atoms with Crippen molar-refractivity contribution in [2.75, 3.05) is 24.3 Å². The molecule has 2 heterocycles. The molecule has 1 aliphatic heterocycles. The average molecular weight is 305 g/mol. The van der Waals surface area contributed by atoms with Crippen LogP contribution in [0.5, 0.6) is 0 Å². The van der Waals surface area contributed by atoms with Crippen molar-refractivity contribution < 1.29 is 20.1 Å². The molecule has 9 heteroatoms. The Morgan fingerprint density at radius 2 is 2.20 bits per heavy atom. The highest BCUT2D eigenvalue weighted by atomic mass is 35.5. The van der Waals surface area contributed by atoms with Crippen LogP contribution in [0.25, 0.3) is 0 Å². The first-order valence-corrected chi connectivity index (χ1v) is 6.51. The third-order valence-electron chi connectivity index (χ3n) is 3.16. The van der Waals surface area contributed by atoms with Gasteiger partial charge in [0.1, 0.15) is 24.2 Å². The number of halogens is 1. The standard InChI is InChI=1S/C11H17ClN4O4/c12-10-8(13)11(15-4-14-10)16-6-1-5(18)3-20-7(2-17)9(6)19/h4-7,9,17-19H,1-3,13H2,(H,14,15,16)/t5-,6+,7-,9-/m1/s1. The van der Waals surface area contributed by atoms with Crippen molar-refractivity contribution in [1.29, 1.82) is 0 Å². The SMILES string of the molecule is Nc1c(Cl)ncnc1N[C@H]1C[C@@H](O)CO[C@H](CO)[C@@H]1O. The first-order chi connectivity index (χ1) is 9.52. The fourth-order valence-electron chi connectivity index (χ4n) is 2.06. The van der Waals surface area contributed by atoms with E-state index in [0.29, 0.717) is 0 Å². The van der Waals surface area contributed by atoms with Crippen molar-refractivity contribution in [2.45, 2.75) is 30.8 Å². The molecule has 1 aromatic heterocycles. The summed E-state index contributed by atoms with van der Waals surface area (Å²) in [6.07, 6.45) is -1.12. The summed E-state index contributed by atoms with van der Waals surface area (Å²) >= 11 is 5.79. The number of nitrogens with one attached hydrogen (secondary N) is 1. The van der Waals surface area contributed by atoms with Crippen molar-refractivity contribution >= 4 is 23.1 Å². The first-order valence-electron chi connectivity index (χ1n) is 6.14. The minimum absolute atomic E-state index is 0.0421. The zero-order valence-corrected chi connectivity index (χ0v) is 11.4. The second-order valence-corrected chi connectivity index (χ2v) is 4.97. The van der Waals surface area contributed by atoms with Gasteiger partial charge in [0.2, 0.25) is 0 Å². The Kier molecular flexibility index (Phi) is 4.95. The van der Waals surface area contributed by atoms with Crippen LogP contribution in [-0.4, -0.2) is 62.9 Å². The molecule has 0 aromatic carbocycles. The molecule has 1 aliphatic rings. The minimum Gasteiger partial charge on any atom is -0.394 e. The Labute approximate surface area is 120 Å². The molecule has 0 amide bonds. The number of hydrogen-bond acceptors (Lipinski definition) is 8. The van der Waals surface area contributed by atoms with Crippen molar-refractivity contribution in [3.63, 3.8) is 0 Å². The predicted octanol–water partition coefficient (Wildman–Crippen LogP) is -1.00. The molecule has 0 unspecified atom stereocenters. The van der Waals surface area contributed by atoms with Crippen molar-refractivity contribution in [3.8, 4) is 0 Å². The number of ether oxygens (including phenoxy) is 1. The lowest BCUT2D eigenvalue weighted by Gasteiger charge is -2.27. The van der Waals surface area contributed by atoms with E-state index in [4.69, 9.17) is 22.1 Å². The molecule has 0 radical (unpaired) electrons. The highest BCUT2D eigenvalue weighted by Gasteiger charge is 2.34. The summed E-state index contributed by atoms with van der Waals surface area (Å²) in [5, 5.41) is 32.1. The number of aliphatic hydroxyl groups is 3. The van der Waals surface area contributed by atoms with Crippen LogP contribution in [0.2, 0.25) is 5.15 Å². The van der Waals surface area contributed by atoms with Gasteiger partial charge in [0.15, 0.2) is 11.0 Å². The monoisotopic (exact) mass is 304 g/mol. The number of anilines is 2. The molecular weight excluding hydrogens is 288 g/mol. The van der Waals surface area contributed by atoms with Crippen LogP contribution in [0.1, 0.15) is 6.42 Å². The van der Waals surface area contributed by atoms with E-state index in [-0.39, 0.29) is 36.3 Å². The molecule has 6 N–H and O–H groups in total. The Bertz CT molecular complexity index is 464. The Hall–Kier alpha value is -1.19. The maximum Gasteiger partial charge on any atom is 0.157 e. The molecule has 0 bridgehead atoms. The van der Waals surface area contributed by atoms with E-state index in [0.717, 1.165) is 0 Å². The van der Waals surface area contributed by atoms with E-state index in [2.05, 4.69) is 15.3 Å². The van der Waals surface area contributed by atoms with Gasteiger partial charge in [-0.25, -0.2) is 9.97 Å². The Morgan fingerprint density at radius 3 is 2.90 bits per heavy atom. The van der Waals surface area contributed by atoms with E-state index in [1.165, 1.54) is 6.33 Å². The largest absolute Gasteiger partial charge is 0.394 e. The molecule has 1 saturated heterocycles. The molecule has 0 aliphatic carbocycles. The lowest BCUT2D eigenvalue weighted by atomic mass is 10.0. The van der Waals surface area contributed by atoms with Gasteiger partial charge < -0.3 is 31.1 Å². The van der Waals surface area contributed by atoms with Gasteiger partial charge in [0.25, 0.3) is 0 Å². The van der Waals surface area contributed by atoms with Gasteiger partial charge in [-0.1, -0.05) is 11.6 Å². The minimum atomic E-state index is -1.02. The molecule has 112 valence electrons. The second kappa shape index (κ2) is 6.51. The summed E-state index contributed by atoms with van der Waals surface area (Å²) in [6, 6.07) is -0.585. The van der Waals surface area contributed by atoms with Crippen LogP contribution < -0.4 is 11.1 Å². The van der Waals surface area contributed by atoms with Crippen molar-refractivity contribution in [1.82, 2.24) is 9.97 Å². The quantitative estimate of drug-likeness (QED) is 0.449. The van der Waals surface area contributed by atoms with E-state index < -0.39 is 24.4 Å². The molecule has 2 rings (SSSR count). The molecule has 8 nitrogen and oxygen atoms in total. The van der Waals surface area contributed by atoms with Gasteiger partial charge in [-0.3, -0.25) is 0 Å². The van der Waals surface area contributed by atoms with Crippen LogP contribution in [0.4, 0.5) is 11.5 Å². The molecule has 4 atom stereocenters. The van der Waals surface area contributed by atoms with Crippen LogP contribution >= 0.6 is 11.6 Å². The highest BCUT2D eigenvalue weighted by Crippen LogP contribution is 2.25. The second-order valence-electron chi connectivity index (χ2n) is 4.61. The number of aliphatic hydroxyl groups excluding tert-OH is 3. The third-order valence-corrected chi connectivity index (χ3v) is 3.46. The molecule has 1 aromatic rings. The molecule has 1 fully saturated rings. The third kappa shape index (κ3) is 3.28. The van der Waals surface area contributed by atoms with Gasteiger partial charge in [-0.05, 0) is 6.42 Å². The van der Waals surface area contributed by atoms with Gasteiger partial charge in [0, 0.05) is 0 Å². The lowest BCUT2D eigenvalue weighted by Crippen LogP contribution is -2.44. The first kappa shape index (κ1) is 15.2. The van der Waals surface area contributed by atoms with E-state index in [9.17, 15) is 15.3 Å². The van der Waals surface area contributed by atoms with Gasteiger partial charge in [0.05, 0.1) is 25.4 Å².